The highest BCUT2D eigenvalue weighted by Crippen LogP contribution is 2.23. The molecule has 0 unspecified atom stereocenters. The second-order valence-corrected chi connectivity index (χ2v) is 7.88. The second-order valence-electron chi connectivity index (χ2n) is 7.48. The van der Waals surface area contributed by atoms with Crippen molar-refractivity contribution in [1.82, 2.24) is 0 Å². The van der Waals surface area contributed by atoms with Crippen LogP contribution in [0.5, 0.6) is 0 Å². The molecule has 4 nitrogen and oxygen atoms in total. The Kier molecular flexibility index (Phi) is 6.65. The van der Waals surface area contributed by atoms with Crippen molar-refractivity contribution < 1.29 is 14.8 Å². The molecule has 1 aromatic heterocycles. The maximum atomic E-state index is 11.3. The van der Waals surface area contributed by atoms with Crippen molar-refractivity contribution >= 4 is 34.3 Å². The zero-order valence-corrected chi connectivity index (χ0v) is 18.5. The molecule has 3 aromatic rings. The van der Waals surface area contributed by atoms with Crippen molar-refractivity contribution in [2.24, 2.45) is 0 Å². The fraction of sp³-hybridized carbons (Fsp3) is 0.200. The molecule has 3 N–H and O–H groups in total. The molecular formula is C25H27N2O2S+. The number of aliphatic hydroxyl groups excluding tert-OH is 2. The van der Waals surface area contributed by atoms with Gasteiger partial charge in [-0.05, 0) is 68.1 Å². The lowest BCUT2D eigenvalue weighted by Gasteiger charge is -2.14. The van der Waals surface area contributed by atoms with Gasteiger partial charge in [-0.3, -0.25) is 0 Å². The first-order chi connectivity index (χ1) is 14.3. The number of benzene rings is 2. The van der Waals surface area contributed by atoms with Crippen LogP contribution in [0.15, 0.2) is 60.9 Å². The first-order valence-electron chi connectivity index (χ1n) is 9.81. The summed E-state index contributed by atoms with van der Waals surface area (Å²) in [5.41, 5.74) is 7.23. The van der Waals surface area contributed by atoms with E-state index in [0.717, 1.165) is 33.5 Å². The predicted molar refractivity (Wildman–Crippen MR) is 126 cm³/mol. The molecule has 0 saturated heterocycles. The van der Waals surface area contributed by atoms with Crippen molar-refractivity contribution in [2.45, 2.75) is 34.3 Å². The minimum Gasteiger partial charge on any atom is -0.502 e. The molecule has 0 aliphatic heterocycles. The van der Waals surface area contributed by atoms with E-state index in [4.69, 9.17) is 12.2 Å². The van der Waals surface area contributed by atoms with Gasteiger partial charge in [-0.2, -0.15) is 4.57 Å². The van der Waals surface area contributed by atoms with E-state index >= 15 is 0 Å². The van der Waals surface area contributed by atoms with E-state index in [1.54, 1.807) is 10.8 Å². The van der Waals surface area contributed by atoms with E-state index in [1.807, 2.05) is 82.4 Å². The molecule has 0 fully saturated rings. The van der Waals surface area contributed by atoms with Crippen LogP contribution in [-0.2, 0) is 6.61 Å². The quantitative estimate of drug-likeness (QED) is 0.235. The van der Waals surface area contributed by atoms with Crippen molar-refractivity contribution in [3.63, 3.8) is 0 Å². The summed E-state index contributed by atoms with van der Waals surface area (Å²) >= 11 is 5.74. The normalized spacial score (nSPS) is 11.8. The number of hydrogen-bond donors (Lipinski definition) is 3. The van der Waals surface area contributed by atoms with Gasteiger partial charge in [0.1, 0.15) is 0 Å². The highest BCUT2D eigenvalue weighted by atomic mass is 32.1. The summed E-state index contributed by atoms with van der Waals surface area (Å²) in [5.74, 6) is 0.0704. The Morgan fingerprint density at radius 2 is 1.73 bits per heavy atom. The lowest BCUT2D eigenvalue weighted by molar-refractivity contribution is -0.576. The Hall–Kier alpha value is -3.02. The Balaban J connectivity index is 2.14. The van der Waals surface area contributed by atoms with Crippen LogP contribution in [0.25, 0.3) is 11.5 Å². The summed E-state index contributed by atoms with van der Waals surface area (Å²) in [5, 5.41) is 24.1. The largest absolute Gasteiger partial charge is 0.502 e. The third kappa shape index (κ3) is 4.58. The molecule has 0 spiro atoms. The van der Waals surface area contributed by atoms with Crippen LogP contribution >= 0.6 is 12.2 Å². The molecule has 30 heavy (non-hydrogen) atoms. The van der Waals surface area contributed by atoms with Gasteiger partial charge >= 0.3 is 0 Å². The van der Waals surface area contributed by atoms with Gasteiger partial charge in [0.2, 0.25) is 0 Å². The fourth-order valence-corrected chi connectivity index (χ4v) is 3.51. The summed E-state index contributed by atoms with van der Waals surface area (Å²) in [6.45, 7) is 8.03. The SMILES string of the molecule is Cc1ccc(C(O)=C(C(=S)Nc2cccc(C)c2C)[n+]2cccc(CO)c2)cc1C. The summed E-state index contributed by atoms with van der Waals surface area (Å²) in [6, 6.07) is 15.4. The minimum absolute atomic E-state index is 0.0704. The molecule has 0 aliphatic carbocycles. The van der Waals surface area contributed by atoms with E-state index in [1.165, 1.54) is 0 Å². The number of thiocarbonyl (C=S) groups is 1. The average molecular weight is 420 g/mol. The number of aliphatic hydroxyl groups is 2. The lowest BCUT2D eigenvalue weighted by Crippen LogP contribution is -2.39. The monoisotopic (exact) mass is 419 g/mol. The van der Waals surface area contributed by atoms with Crippen molar-refractivity contribution in [3.8, 4) is 0 Å². The van der Waals surface area contributed by atoms with Crippen LogP contribution in [0.2, 0.25) is 0 Å². The zero-order valence-electron chi connectivity index (χ0n) is 17.7. The molecule has 0 bridgehead atoms. The number of hydrogen-bond acceptors (Lipinski definition) is 3. The fourth-order valence-electron chi connectivity index (χ4n) is 3.20. The predicted octanol–water partition coefficient (Wildman–Crippen LogP) is 5.02. The molecule has 2 aromatic carbocycles. The molecule has 1 heterocycles. The van der Waals surface area contributed by atoms with Crippen LogP contribution in [0, 0.1) is 27.7 Å². The number of anilines is 1. The molecular weight excluding hydrogens is 392 g/mol. The highest BCUT2D eigenvalue weighted by Gasteiger charge is 2.25. The van der Waals surface area contributed by atoms with Crippen molar-refractivity contribution in [1.29, 1.82) is 0 Å². The Labute approximate surface area is 183 Å². The van der Waals surface area contributed by atoms with Crippen LogP contribution in [0.3, 0.4) is 0 Å². The number of aromatic nitrogens is 1. The third-order valence-corrected chi connectivity index (χ3v) is 5.67. The minimum atomic E-state index is -0.101. The van der Waals surface area contributed by atoms with E-state index in [9.17, 15) is 10.2 Å². The number of rotatable bonds is 5. The van der Waals surface area contributed by atoms with Crippen molar-refractivity contribution in [3.05, 3.63) is 94.3 Å². The summed E-state index contributed by atoms with van der Waals surface area (Å²) < 4.78 is 1.75. The molecule has 0 radical (unpaired) electrons. The second kappa shape index (κ2) is 9.20. The number of aryl methyl sites for hydroxylation is 3. The van der Waals surface area contributed by atoms with Gasteiger partial charge in [0.25, 0.3) is 5.70 Å². The number of nitrogens with one attached hydrogen (secondary N) is 1. The molecule has 5 heteroatoms. The first kappa shape index (κ1) is 21.7. The number of nitrogens with zero attached hydrogens (tertiary/aromatic N) is 1. The molecule has 0 amide bonds. The number of pyridine rings is 1. The van der Waals surface area contributed by atoms with Gasteiger partial charge in [0.15, 0.2) is 23.1 Å². The topological polar surface area (TPSA) is 56.4 Å². The lowest BCUT2D eigenvalue weighted by atomic mass is 10.0. The van der Waals surface area contributed by atoms with Gasteiger partial charge in [-0.15, -0.1) is 0 Å². The van der Waals surface area contributed by atoms with Gasteiger partial charge in [0.05, 0.1) is 6.61 Å². The van der Waals surface area contributed by atoms with Crippen LogP contribution in [0.4, 0.5) is 5.69 Å². The molecule has 0 aliphatic rings. The van der Waals surface area contributed by atoms with Crippen LogP contribution in [0.1, 0.15) is 33.4 Å². The summed E-state index contributed by atoms with van der Waals surface area (Å²) in [7, 11) is 0. The van der Waals surface area contributed by atoms with Gasteiger partial charge in [-0.25, -0.2) is 0 Å². The molecule has 0 atom stereocenters. The van der Waals surface area contributed by atoms with E-state index in [-0.39, 0.29) is 12.4 Å². The zero-order chi connectivity index (χ0) is 21.8. The summed E-state index contributed by atoms with van der Waals surface area (Å²) in [4.78, 5) is 0.388. The van der Waals surface area contributed by atoms with Crippen LogP contribution in [-0.4, -0.2) is 15.2 Å². The maximum Gasteiger partial charge on any atom is 0.288 e. The maximum absolute atomic E-state index is 11.3. The Bertz CT molecular complexity index is 1140. The Morgan fingerprint density at radius 1 is 0.967 bits per heavy atom. The Morgan fingerprint density at radius 3 is 2.43 bits per heavy atom. The van der Waals surface area contributed by atoms with Crippen LogP contribution < -0.4 is 9.88 Å². The summed E-state index contributed by atoms with van der Waals surface area (Å²) in [6.07, 6.45) is 3.58. The first-order valence-corrected chi connectivity index (χ1v) is 10.2. The molecule has 3 rings (SSSR count). The molecule has 0 saturated carbocycles. The van der Waals surface area contributed by atoms with Crippen molar-refractivity contribution in [2.75, 3.05) is 5.32 Å². The molecule has 154 valence electrons. The van der Waals surface area contributed by atoms with E-state index < -0.39 is 0 Å². The van der Waals surface area contributed by atoms with E-state index in [2.05, 4.69) is 5.32 Å². The van der Waals surface area contributed by atoms with E-state index in [0.29, 0.717) is 16.2 Å². The highest BCUT2D eigenvalue weighted by molar-refractivity contribution is 7.81. The van der Waals surface area contributed by atoms with Gasteiger partial charge in [0, 0.05) is 22.9 Å². The average Bonchev–Trinajstić information content (AvgIpc) is 2.73. The standard InChI is InChI=1S/C25H26N2O2S/c1-16-10-11-21(13-18(16)3)24(29)23(27-12-6-8-20(14-27)15-28)25(30)26-22-9-5-7-17(2)19(22)4/h5-14,28H,15H2,1-4H3,(H-,26,29,30)/p+1. The third-order valence-electron chi connectivity index (χ3n) is 5.38. The van der Waals surface area contributed by atoms with Gasteiger partial charge < -0.3 is 15.5 Å². The van der Waals surface area contributed by atoms with Gasteiger partial charge in [-0.1, -0.05) is 36.5 Å². The smallest absolute Gasteiger partial charge is 0.288 e.